The minimum absolute atomic E-state index is 0.0194. The molecule has 1 aromatic heterocycles. The zero-order valence-corrected chi connectivity index (χ0v) is 12.9. The third kappa shape index (κ3) is 3.95. The largest absolute Gasteiger partial charge is 0.497 e. The van der Waals surface area contributed by atoms with E-state index in [1.54, 1.807) is 7.11 Å². The lowest BCUT2D eigenvalue weighted by Crippen LogP contribution is -2.17. The second-order valence-corrected chi connectivity index (χ2v) is 5.16. The smallest absolute Gasteiger partial charge is 0.118 e. The van der Waals surface area contributed by atoms with Gasteiger partial charge >= 0.3 is 0 Å². The number of nitrogens with two attached hydrogens (primary N) is 1. The second-order valence-electron chi connectivity index (χ2n) is 5.16. The number of nitrogens with zero attached hydrogens (tertiary/aromatic N) is 2. The highest BCUT2D eigenvalue weighted by molar-refractivity contribution is 5.45. The number of benzene rings is 1. The molecule has 0 saturated carbocycles. The van der Waals surface area contributed by atoms with Crippen LogP contribution in [0, 0.1) is 0 Å². The molecule has 1 aromatic carbocycles. The van der Waals surface area contributed by atoms with E-state index >= 15 is 0 Å². The zero-order valence-electron chi connectivity index (χ0n) is 12.9. The van der Waals surface area contributed by atoms with Crippen molar-refractivity contribution in [3.05, 3.63) is 53.9 Å². The van der Waals surface area contributed by atoms with E-state index in [1.807, 2.05) is 24.4 Å². The molecule has 4 nitrogen and oxygen atoms in total. The summed E-state index contributed by atoms with van der Waals surface area (Å²) in [6.07, 6.45) is 2.78. The number of rotatable bonds is 6. The standard InChI is InChI=1S/C17H23N3O/c1-4-16(18)17-10-7-14(11-19-17)20(2)12-13-5-8-15(21-3)9-6-13/h5-11,16H,4,12,18H2,1-3H3. The van der Waals surface area contributed by atoms with Crippen LogP contribution in [0.4, 0.5) is 5.69 Å². The predicted molar refractivity (Wildman–Crippen MR) is 86.6 cm³/mol. The van der Waals surface area contributed by atoms with E-state index in [-0.39, 0.29) is 6.04 Å². The van der Waals surface area contributed by atoms with Crippen LogP contribution in [0.5, 0.6) is 5.75 Å². The first-order valence-corrected chi connectivity index (χ1v) is 7.19. The average molecular weight is 285 g/mol. The number of methoxy groups -OCH3 is 1. The Morgan fingerprint density at radius 3 is 2.43 bits per heavy atom. The SMILES string of the molecule is CCC(N)c1ccc(N(C)Cc2ccc(OC)cc2)cn1. The second kappa shape index (κ2) is 7.09. The lowest BCUT2D eigenvalue weighted by atomic mass is 10.1. The monoisotopic (exact) mass is 285 g/mol. The van der Waals surface area contributed by atoms with E-state index in [0.29, 0.717) is 0 Å². The van der Waals surface area contributed by atoms with Crippen molar-refractivity contribution < 1.29 is 4.74 Å². The van der Waals surface area contributed by atoms with Crippen molar-refractivity contribution in [2.75, 3.05) is 19.1 Å². The van der Waals surface area contributed by atoms with Crippen LogP contribution < -0.4 is 15.4 Å². The zero-order chi connectivity index (χ0) is 15.2. The molecule has 0 saturated heterocycles. The van der Waals surface area contributed by atoms with Crippen LogP contribution in [0.15, 0.2) is 42.6 Å². The van der Waals surface area contributed by atoms with E-state index in [4.69, 9.17) is 10.5 Å². The van der Waals surface area contributed by atoms with Crippen LogP contribution in [0.25, 0.3) is 0 Å². The van der Waals surface area contributed by atoms with Gasteiger partial charge in [0.25, 0.3) is 0 Å². The molecular formula is C17H23N3O. The topological polar surface area (TPSA) is 51.4 Å². The Morgan fingerprint density at radius 1 is 1.19 bits per heavy atom. The number of hydrogen-bond acceptors (Lipinski definition) is 4. The highest BCUT2D eigenvalue weighted by atomic mass is 16.5. The summed E-state index contributed by atoms with van der Waals surface area (Å²) in [5, 5.41) is 0. The molecule has 21 heavy (non-hydrogen) atoms. The molecule has 0 amide bonds. The lowest BCUT2D eigenvalue weighted by molar-refractivity contribution is 0.414. The highest BCUT2D eigenvalue weighted by Crippen LogP contribution is 2.19. The van der Waals surface area contributed by atoms with Crippen molar-refractivity contribution in [3.63, 3.8) is 0 Å². The molecular weight excluding hydrogens is 262 g/mol. The van der Waals surface area contributed by atoms with Gasteiger partial charge in [0.2, 0.25) is 0 Å². The van der Waals surface area contributed by atoms with E-state index in [9.17, 15) is 0 Å². The fourth-order valence-electron chi connectivity index (χ4n) is 2.15. The molecule has 2 N–H and O–H groups in total. The fraction of sp³-hybridized carbons (Fsp3) is 0.353. The van der Waals surface area contributed by atoms with Crippen molar-refractivity contribution >= 4 is 5.69 Å². The summed E-state index contributed by atoms with van der Waals surface area (Å²) in [5.41, 5.74) is 9.24. The first-order chi connectivity index (χ1) is 10.1. The van der Waals surface area contributed by atoms with Crippen molar-refractivity contribution in [2.24, 2.45) is 5.73 Å². The summed E-state index contributed by atoms with van der Waals surface area (Å²) in [6.45, 7) is 2.89. The Labute approximate surface area is 126 Å². The molecule has 0 aliphatic heterocycles. The summed E-state index contributed by atoms with van der Waals surface area (Å²) in [5.74, 6) is 0.876. The number of aromatic nitrogens is 1. The van der Waals surface area contributed by atoms with Gasteiger partial charge in [0.05, 0.1) is 24.7 Å². The molecule has 2 rings (SSSR count). The minimum atomic E-state index is 0.0194. The first kappa shape index (κ1) is 15.3. The Hall–Kier alpha value is -2.07. The fourth-order valence-corrected chi connectivity index (χ4v) is 2.15. The summed E-state index contributed by atoms with van der Waals surface area (Å²) in [4.78, 5) is 6.62. The van der Waals surface area contributed by atoms with Gasteiger partial charge in [-0.3, -0.25) is 4.98 Å². The predicted octanol–water partition coefficient (Wildman–Crippen LogP) is 3.14. The van der Waals surface area contributed by atoms with Crippen LogP contribution in [-0.2, 0) is 6.54 Å². The third-order valence-electron chi connectivity index (χ3n) is 3.61. The molecule has 0 bridgehead atoms. The number of pyridine rings is 1. The molecule has 0 fully saturated rings. The maximum Gasteiger partial charge on any atom is 0.118 e. The highest BCUT2D eigenvalue weighted by Gasteiger charge is 2.07. The maximum atomic E-state index is 5.98. The van der Waals surface area contributed by atoms with E-state index in [0.717, 1.165) is 30.1 Å². The Morgan fingerprint density at radius 2 is 1.90 bits per heavy atom. The van der Waals surface area contributed by atoms with Crippen LogP contribution >= 0.6 is 0 Å². The summed E-state index contributed by atoms with van der Waals surface area (Å²) in [6, 6.07) is 12.2. The Bertz CT molecular complexity index is 551. The van der Waals surface area contributed by atoms with Crippen molar-refractivity contribution in [1.29, 1.82) is 0 Å². The van der Waals surface area contributed by atoms with Gasteiger partial charge in [0.1, 0.15) is 5.75 Å². The van der Waals surface area contributed by atoms with Crippen LogP contribution in [0.2, 0.25) is 0 Å². The van der Waals surface area contributed by atoms with Gasteiger partial charge in [-0.1, -0.05) is 19.1 Å². The molecule has 0 aliphatic rings. The quantitative estimate of drug-likeness (QED) is 0.886. The van der Waals surface area contributed by atoms with E-state index in [1.165, 1.54) is 5.56 Å². The van der Waals surface area contributed by atoms with Gasteiger partial charge in [-0.15, -0.1) is 0 Å². The molecule has 0 spiro atoms. The lowest BCUT2D eigenvalue weighted by Gasteiger charge is -2.20. The van der Waals surface area contributed by atoms with Gasteiger partial charge in [0.15, 0.2) is 0 Å². The summed E-state index contributed by atoms with van der Waals surface area (Å²) < 4.78 is 5.17. The van der Waals surface area contributed by atoms with Gasteiger partial charge in [-0.25, -0.2) is 0 Å². The molecule has 0 radical (unpaired) electrons. The third-order valence-corrected chi connectivity index (χ3v) is 3.61. The summed E-state index contributed by atoms with van der Waals surface area (Å²) in [7, 11) is 3.73. The van der Waals surface area contributed by atoms with Crippen molar-refractivity contribution in [3.8, 4) is 5.75 Å². The number of anilines is 1. The number of ether oxygens (including phenoxy) is 1. The van der Waals surface area contributed by atoms with Crippen LogP contribution in [0.1, 0.15) is 30.6 Å². The normalized spacial score (nSPS) is 12.0. The average Bonchev–Trinajstić information content (AvgIpc) is 2.55. The van der Waals surface area contributed by atoms with Gasteiger partial charge in [-0.05, 0) is 36.2 Å². The molecule has 4 heteroatoms. The van der Waals surface area contributed by atoms with Crippen LogP contribution in [0.3, 0.4) is 0 Å². The minimum Gasteiger partial charge on any atom is -0.497 e. The van der Waals surface area contributed by atoms with Gasteiger partial charge in [0, 0.05) is 19.6 Å². The Balaban J connectivity index is 2.03. The Kier molecular flexibility index (Phi) is 5.17. The van der Waals surface area contributed by atoms with E-state index in [2.05, 4.69) is 42.1 Å². The molecule has 1 unspecified atom stereocenters. The molecule has 1 atom stereocenters. The number of hydrogen-bond donors (Lipinski definition) is 1. The first-order valence-electron chi connectivity index (χ1n) is 7.19. The van der Waals surface area contributed by atoms with Gasteiger partial charge < -0.3 is 15.4 Å². The van der Waals surface area contributed by atoms with Crippen molar-refractivity contribution in [2.45, 2.75) is 25.9 Å². The molecule has 0 aliphatic carbocycles. The maximum absolute atomic E-state index is 5.98. The molecule has 112 valence electrons. The molecule has 2 aromatic rings. The van der Waals surface area contributed by atoms with Crippen LogP contribution in [-0.4, -0.2) is 19.1 Å². The summed E-state index contributed by atoms with van der Waals surface area (Å²) >= 11 is 0. The van der Waals surface area contributed by atoms with Crippen molar-refractivity contribution in [1.82, 2.24) is 4.98 Å². The van der Waals surface area contributed by atoms with E-state index < -0.39 is 0 Å². The van der Waals surface area contributed by atoms with Gasteiger partial charge in [-0.2, -0.15) is 0 Å². The molecule has 1 heterocycles.